The molecule has 104 valence electrons. The normalized spacial score (nSPS) is 13.8. The zero-order chi connectivity index (χ0) is 14.1. The molecule has 1 rings (SSSR count). The van der Waals surface area contributed by atoms with Crippen LogP contribution in [0, 0.1) is 17.1 Å². The number of nitrogens with one attached hydrogen (secondary N) is 1. The minimum Gasteiger partial charge on any atom is -0.300 e. The molecule has 1 unspecified atom stereocenters. The van der Waals surface area contributed by atoms with Gasteiger partial charge in [-0.2, -0.15) is 5.26 Å². The molecule has 0 saturated heterocycles. The minimum absolute atomic E-state index is 0.151. The van der Waals surface area contributed by atoms with Crippen molar-refractivity contribution in [2.75, 3.05) is 12.3 Å². The molecule has 0 bridgehead atoms. The van der Waals surface area contributed by atoms with Crippen molar-refractivity contribution in [1.29, 1.82) is 5.26 Å². The van der Waals surface area contributed by atoms with Crippen molar-refractivity contribution in [3.8, 4) is 6.07 Å². The average molecular weight is 280 g/mol. The standard InChI is InChI=1S/C15H21FN2S/c1-3-18-15(2,12-17)10-6-7-11-19-14-9-5-4-8-13(14)16/h4-5,8-9,18H,3,6-7,10-11H2,1-2H3. The van der Waals surface area contributed by atoms with Gasteiger partial charge in [0.2, 0.25) is 0 Å². The van der Waals surface area contributed by atoms with Crippen LogP contribution >= 0.6 is 11.8 Å². The Balaban J connectivity index is 2.25. The number of nitriles is 1. The third-order valence-corrected chi connectivity index (χ3v) is 4.11. The molecule has 0 heterocycles. The third kappa shape index (κ3) is 5.63. The van der Waals surface area contributed by atoms with Gasteiger partial charge in [0.05, 0.1) is 6.07 Å². The van der Waals surface area contributed by atoms with E-state index < -0.39 is 5.54 Å². The summed E-state index contributed by atoms with van der Waals surface area (Å²) in [7, 11) is 0. The molecule has 0 aromatic heterocycles. The summed E-state index contributed by atoms with van der Waals surface area (Å²) in [5.41, 5.74) is -0.433. The van der Waals surface area contributed by atoms with Gasteiger partial charge in [0.1, 0.15) is 11.4 Å². The van der Waals surface area contributed by atoms with Gasteiger partial charge in [-0.15, -0.1) is 11.8 Å². The highest BCUT2D eigenvalue weighted by atomic mass is 32.2. The quantitative estimate of drug-likeness (QED) is 0.578. The smallest absolute Gasteiger partial charge is 0.136 e. The fourth-order valence-electron chi connectivity index (χ4n) is 1.90. The summed E-state index contributed by atoms with van der Waals surface area (Å²) in [6.45, 7) is 4.73. The average Bonchev–Trinajstić information content (AvgIpc) is 2.41. The van der Waals surface area contributed by atoms with Crippen molar-refractivity contribution in [3.05, 3.63) is 30.1 Å². The molecule has 19 heavy (non-hydrogen) atoms. The first-order valence-corrected chi connectivity index (χ1v) is 7.63. The molecular weight excluding hydrogens is 259 g/mol. The predicted molar refractivity (Wildman–Crippen MR) is 78.7 cm³/mol. The van der Waals surface area contributed by atoms with Crippen LogP contribution in [0.25, 0.3) is 0 Å². The Kier molecular flexibility index (Phi) is 6.90. The lowest BCUT2D eigenvalue weighted by Gasteiger charge is -2.22. The van der Waals surface area contributed by atoms with Crippen molar-refractivity contribution in [1.82, 2.24) is 5.32 Å². The maximum Gasteiger partial charge on any atom is 0.136 e. The Morgan fingerprint density at radius 2 is 2.11 bits per heavy atom. The molecule has 0 aliphatic heterocycles. The van der Waals surface area contributed by atoms with Crippen molar-refractivity contribution in [2.24, 2.45) is 0 Å². The summed E-state index contributed by atoms with van der Waals surface area (Å²) in [5, 5.41) is 12.3. The van der Waals surface area contributed by atoms with Crippen LogP contribution in [0.2, 0.25) is 0 Å². The Hall–Kier alpha value is -1.05. The highest BCUT2D eigenvalue weighted by Crippen LogP contribution is 2.23. The van der Waals surface area contributed by atoms with E-state index in [1.54, 1.807) is 23.9 Å². The lowest BCUT2D eigenvalue weighted by atomic mass is 9.97. The van der Waals surface area contributed by atoms with Gasteiger partial charge in [-0.05, 0) is 50.6 Å². The van der Waals surface area contributed by atoms with Crippen molar-refractivity contribution in [3.63, 3.8) is 0 Å². The molecule has 0 saturated carbocycles. The molecule has 2 nitrogen and oxygen atoms in total. The number of halogens is 1. The third-order valence-electron chi connectivity index (χ3n) is 2.98. The summed E-state index contributed by atoms with van der Waals surface area (Å²) < 4.78 is 13.4. The van der Waals surface area contributed by atoms with E-state index >= 15 is 0 Å². The number of nitrogens with zero attached hydrogens (tertiary/aromatic N) is 1. The van der Waals surface area contributed by atoms with Gasteiger partial charge >= 0.3 is 0 Å². The van der Waals surface area contributed by atoms with Gasteiger partial charge in [-0.3, -0.25) is 5.32 Å². The van der Waals surface area contributed by atoms with Gasteiger partial charge in [0, 0.05) is 4.90 Å². The van der Waals surface area contributed by atoms with Crippen LogP contribution < -0.4 is 5.32 Å². The fourth-order valence-corrected chi connectivity index (χ4v) is 2.85. The maximum atomic E-state index is 13.4. The highest BCUT2D eigenvalue weighted by Gasteiger charge is 2.21. The monoisotopic (exact) mass is 280 g/mol. The van der Waals surface area contributed by atoms with Gasteiger partial charge in [0.15, 0.2) is 0 Å². The minimum atomic E-state index is -0.433. The lowest BCUT2D eigenvalue weighted by molar-refractivity contribution is 0.415. The van der Waals surface area contributed by atoms with Crippen molar-refractivity contribution in [2.45, 2.75) is 43.5 Å². The summed E-state index contributed by atoms with van der Waals surface area (Å²) in [4.78, 5) is 0.706. The molecule has 0 aliphatic rings. The number of rotatable bonds is 8. The Morgan fingerprint density at radius 3 is 2.74 bits per heavy atom. The second-order valence-electron chi connectivity index (χ2n) is 4.71. The zero-order valence-corrected chi connectivity index (χ0v) is 12.4. The van der Waals surface area contributed by atoms with Crippen LogP contribution in [0.3, 0.4) is 0 Å². The van der Waals surface area contributed by atoms with E-state index in [0.717, 1.165) is 31.6 Å². The van der Waals surface area contributed by atoms with Gasteiger partial charge in [-0.1, -0.05) is 19.1 Å². The van der Waals surface area contributed by atoms with Crippen LogP contribution in [0.1, 0.15) is 33.1 Å². The molecule has 0 amide bonds. The van der Waals surface area contributed by atoms with Gasteiger partial charge in [-0.25, -0.2) is 4.39 Å². The summed E-state index contributed by atoms with van der Waals surface area (Å²) >= 11 is 1.54. The predicted octanol–water partition coefficient (Wildman–Crippen LogP) is 3.98. The number of thioether (sulfide) groups is 1. The number of unbranched alkanes of at least 4 members (excludes halogenated alkanes) is 1. The van der Waals surface area contributed by atoms with Crippen LogP contribution in [-0.4, -0.2) is 17.8 Å². The SMILES string of the molecule is CCNC(C)(C#N)CCCCSc1ccccc1F. The summed E-state index contributed by atoms with van der Waals surface area (Å²) in [5.74, 6) is 0.733. The Bertz CT molecular complexity index is 430. The molecule has 1 aromatic carbocycles. The van der Waals surface area contributed by atoms with E-state index in [9.17, 15) is 4.39 Å². The largest absolute Gasteiger partial charge is 0.300 e. The van der Waals surface area contributed by atoms with E-state index in [2.05, 4.69) is 11.4 Å². The molecular formula is C15H21FN2S. The summed E-state index contributed by atoms with van der Waals surface area (Å²) in [6, 6.07) is 9.16. The Labute approximate surface area is 119 Å². The zero-order valence-electron chi connectivity index (χ0n) is 11.6. The maximum absolute atomic E-state index is 13.4. The molecule has 1 N–H and O–H groups in total. The lowest BCUT2D eigenvalue weighted by Crippen LogP contribution is -2.40. The van der Waals surface area contributed by atoms with Crippen molar-refractivity contribution >= 4 is 11.8 Å². The summed E-state index contributed by atoms with van der Waals surface area (Å²) in [6.07, 6.45) is 2.79. The van der Waals surface area contributed by atoms with E-state index in [4.69, 9.17) is 5.26 Å². The number of benzene rings is 1. The van der Waals surface area contributed by atoms with Crippen molar-refractivity contribution < 1.29 is 4.39 Å². The van der Waals surface area contributed by atoms with E-state index in [0.29, 0.717) is 4.90 Å². The second-order valence-corrected chi connectivity index (χ2v) is 5.85. The highest BCUT2D eigenvalue weighted by molar-refractivity contribution is 7.99. The van der Waals surface area contributed by atoms with Gasteiger partial charge < -0.3 is 0 Å². The second kappa shape index (κ2) is 8.19. The molecule has 4 heteroatoms. The molecule has 1 aromatic rings. The molecule has 0 aliphatic carbocycles. The topological polar surface area (TPSA) is 35.8 Å². The number of hydrogen-bond acceptors (Lipinski definition) is 3. The molecule has 1 atom stereocenters. The number of hydrogen-bond donors (Lipinski definition) is 1. The van der Waals surface area contributed by atoms with Crippen LogP contribution in [0.4, 0.5) is 4.39 Å². The molecule has 0 spiro atoms. The van der Waals surface area contributed by atoms with E-state index in [1.807, 2.05) is 19.9 Å². The van der Waals surface area contributed by atoms with Crippen LogP contribution in [-0.2, 0) is 0 Å². The molecule has 0 radical (unpaired) electrons. The fraction of sp³-hybridized carbons (Fsp3) is 0.533. The van der Waals surface area contributed by atoms with Crippen LogP contribution in [0.5, 0.6) is 0 Å². The first-order chi connectivity index (χ1) is 9.11. The molecule has 0 fully saturated rings. The first kappa shape index (κ1) is 16.0. The van der Waals surface area contributed by atoms with Gasteiger partial charge in [0.25, 0.3) is 0 Å². The Morgan fingerprint density at radius 1 is 1.37 bits per heavy atom. The van der Waals surface area contributed by atoms with Crippen LogP contribution in [0.15, 0.2) is 29.2 Å². The van der Waals surface area contributed by atoms with E-state index in [1.165, 1.54) is 6.07 Å². The van der Waals surface area contributed by atoms with E-state index in [-0.39, 0.29) is 5.82 Å². The first-order valence-electron chi connectivity index (χ1n) is 6.65.